The van der Waals surface area contributed by atoms with Crippen molar-refractivity contribution in [2.24, 2.45) is 45.3 Å². The second-order valence-corrected chi connectivity index (χ2v) is 20.2. The minimum absolute atomic E-state index is 0.0181. The zero-order valence-corrected chi connectivity index (χ0v) is 33.9. The van der Waals surface area contributed by atoms with Crippen LogP contribution in [0, 0.1) is 45.3 Å². The third-order valence-electron chi connectivity index (χ3n) is 17.2. The Morgan fingerprint density at radius 2 is 1.67 bits per heavy atom. The Morgan fingerprint density at radius 3 is 2.39 bits per heavy atom. The molecule has 6 heteroatoms. The standard InChI is InChI=1S/C48H65NO5/c1-8-12-30(25-37(51)43-48(7,54-43)35-18-11-17-33(35)28-13-9-15-31(49)23-28)41-36-19-20-40-45(4)26-34(29-14-10-16-32(50)24-29)42(53)44(2,3)39(45)21-22-46(40,5)47(36,6)27-38(41)52/h9-10,13-16,23-24,30,33-35,37,39-40,43,50-51H,8,11-12,17-22,25-27,49H2,1-7H3. The summed E-state index contributed by atoms with van der Waals surface area (Å²) in [6.45, 7) is 16.1. The fourth-order valence-corrected chi connectivity index (χ4v) is 14.5. The number of Topliss-reactive ketones (excluding diaryl/α,β-unsaturated/α-hetero) is 2. The van der Waals surface area contributed by atoms with Crippen molar-refractivity contribution in [2.45, 2.75) is 155 Å². The summed E-state index contributed by atoms with van der Waals surface area (Å²) in [7, 11) is 0. The average molecular weight is 736 g/mol. The van der Waals surface area contributed by atoms with Crippen LogP contribution < -0.4 is 5.73 Å². The summed E-state index contributed by atoms with van der Waals surface area (Å²) >= 11 is 0. The highest BCUT2D eigenvalue weighted by molar-refractivity contribution is 6.00. The van der Waals surface area contributed by atoms with E-state index in [9.17, 15) is 19.8 Å². The van der Waals surface area contributed by atoms with Gasteiger partial charge in [0.2, 0.25) is 0 Å². The maximum atomic E-state index is 14.5. The molecule has 0 radical (unpaired) electrons. The number of fused-ring (bicyclic) bond motifs is 5. The number of phenols is 1. The lowest BCUT2D eigenvalue weighted by Crippen LogP contribution is -2.63. The Hall–Kier alpha value is -2.96. The zero-order chi connectivity index (χ0) is 38.6. The number of aromatic hydroxyl groups is 1. The fourth-order valence-electron chi connectivity index (χ4n) is 14.5. The summed E-state index contributed by atoms with van der Waals surface area (Å²) in [6.07, 6.45) is 10.1. The molecule has 5 fully saturated rings. The van der Waals surface area contributed by atoms with Crippen molar-refractivity contribution in [2.75, 3.05) is 5.73 Å². The number of rotatable bonds is 9. The normalized spacial score (nSPS) is 40.9. The molecule has 6 aliphatic rings. The first-order valence-corrected chi connectivity index (χ1v) is 21.3. The molecule has 12 unspecified atom stereocenters. The zero-order valence-electron chi connectivity index (χ0n) is 33.9. The molecule has 5 aliphatic carbocycles. The van der Waals surface area contributed by atoms with Crippen molar-refractivity contribution in [1.82, 2.24) is 0 Å². The van der Waals surface area contributed by atoms with E-state index in [2.05, 4.69) is 60.6 Å². The van der Waals surface area contributed by atoms with Gasteiger partial charge in [0.25, 0.3) is 0 Å². The van der Waals surface area contributed by atoms with Gasteiger partial charge in [-0.25, -0.2) is 0 Å². The van der Waals surface area contributed by atoms with E-state index in [4.69, 9.17) is 10.5 Å². The second-order valence-electron chi connectivity index (χ2n) is 20.2. The number of nitrogens with two attached hydrogens (primary N) is 1. The molecule has 8 rings (SSSR count). The predicted octanol–water partition coefficient (Wildman–Crippen LogP) is 10.1. The Balaban J connectivity index is 1.06. The van der Waals surface area contributed by atoms with Gasteiger partial charge in [0, 0.05) is 28.9 Å². The first kappa shape index (κ1) is 37.9. The number of benzene rings is 2. The van der Waals surface area contributed by atoms with E-state index >= 15 is 0 Å². The number of ether oxygens (including phenoxy) is 1. The molecule has 292 valence electrons. The van der Waals surface area contributed by atoms with Crippen LogP contribution in [0.5, 0.6) is 5.75 Å². The van der Waals surface area contributed by atoms with E-state index in [1.54, 1.807) is 12.1 Å². The number of nitrogen functional groups attached to an aromatic ring is 1. The highest BCUT2D eigenvalue weighted by Gasteiger charge is 2.69. The second kappa shape index (κ2) is 13.0. The predicted molar refractivity (Wildman–Crippen MR) is 214 cm³/mol. The Bertz CT molecular complexity index is 1860. The maximum absolute atomic E-state index is 14.5. The van der Waals surface area contributed by atoms with Crippen molar-refractivity contribution in [1.29, 1.82) is 0 Å². The van der Waals surface area contributed by atoms with E-state index in [1.807, 2.05) is 24.3 Å². The van der Waals surface area contributed by atoms with Gasteiger partial charge in [-0.1, -0.05) is 84.2 Å². The molecule has 2 aromatic rings. The van der Waals surface area contributed by atoms with Crippen molar-refractivity contribution >= 4 is 17.3 Å². The smallest absolute Gasteiger partial charge is 0.160 e. The maximum Gasteiger partial charge on any atom is 0.160 e. The van der Waals surface area contributed by atoms with Crippen molar-refractivity contribution in [3.05, 3.63) is 70.8 Å². The molecule has 0 amide bonds. The molecule has 0 aromatic heterocycles. The topological polar surface area (TPSA) is 113 Å². The van der Waals surface area contributed by atoms with Crippen LogP contribution in [0.15, 0.2) is 59.7 Å². The number of allylic oxidation sites excluding steroid dienone is 2. The molecule has 1 heterocycles. The van der Waals surface area contributed by atoms with Gasteiger partial charge >= 0.3 is 0 Å². The minimum Gasteiger partial charge on any atom is -0.508 e. The van der Waals surface area contributed by atoms with Crippen LogP contribution in [0.3, 0.4) is 0 Å². The van der Waals surface area contributed by atoms with E-state index < -0.39 is 11.5 Å². The number of hydrogen-bond acceptors (Lipinski definition) is 6. The molecule has 12 atom stereocenters. The number of aliphatic hydroxyl groups excluding tert-OH is 1. The monoisotopic (exact) mass is 735 g/mol. The number of carbonyl (C=O) groups excluding carboxylic acids is 2. The number of aliphatic hydroxyl groups is 1. The molecule has 1 aliphatic heterocycles. The van der Waals surface area contributed by atoms with Gasteiger partial charge in [-0.15, -0.1) is 0 Å². The van der Waals surface area contributed by atoms with E-state index in [0.717, 1.165) is 81.0 Å². The largest absolute Gasteiger partial charge is 0.508 e. The highest BCUT2D eigenvalue weighted by atomic mass is 16.6. The first-order chi connectivity index (χ1) is 25.5. The van der Waals surface area contributed by atoms with Gasteiger partial charge in [0.05, 0.1) is 11.7 Å². The van der Waals surface area contributed by atoms with Gasteiger partial charge in [-0.3, -0.25) is 9.59 Å². The minimum atomic E-state index is -0.626. The molecule has 4 saturated carbocycles. The summed E-state index contributed by atoms with van der Waals surface area (Å²) in [5, 5.41) is 22.4. The SMILES string of the molecule is CCCC(CC(O)C1OC1(C)C1CCCC1c1cccc(N)c1)C1=C2CCC3C4(C)CC(c5cccc(O)c5)C(=O)C(C)(C)C4CCC3(C)C2(C)CC1=O. The molecule has 2 aromatic carbocycles. The van der Waals surface area contributed by atoms with Crippen LogP contribution in [0.1, 0.15) is 148 Å². The molecular formula is C48H65NO5. The summed E-state index contributed by atoms with van der Waals surface area (Å²) in [4.78, 5) is 28.8. The van der Waals surface area contributed by atoms with E-state index in [-0.39, 0.29) is 51.5 Å². The van der Waals surface area contributed by atoms with Crippen molar-refractivity contribution in [3.8, 4) is 5.75 Å². The summed E-state index contributed by atoms with van der Waals surface area (Å²) < 4.78 is 6.53. The van der Waals surface area contributed by atoms with Crippen LogP contribution in [-0.4, -0.2) is 39.6 Å². The van der Waals surface area contributed by atoms with Crippen molar-refractivity contribution < 1.29 is 24.5 Å². The third-order valence-corrected chi connectivity index (χ3v) is 17.2. The lowest BCUT2D eigenvalue weighted by atomic mass is 9.35. The van der Waals surface area contributed by atoms with Crippen LogP contribution in [0.25, 0.3) is 0 Å². The first-order valence-electron chi connectivity index (χ1n) is 21.3. The quantitative estimate of drug-likeness (QED) is 0.175. The molecular weight excluding hydrogens is 671 g/mol. The fraction of sp³-hybridized carbons (Fsp3) is 0.667. The number of carbonyl (C=O) groups is 2. The molecule has 4 N–H and O–H groups in total. The summed E-state index contributed by atoms with van der Waals surface area (Å²) in [6, 6.07) is 15.6. The van der Waals surface area contributed by atoms with Crippen LogP contribution in [0.4, 0.5) is 5.69 Å². The Labute approximate surface area is 323 Å². The third kappa shape index (κ3) is 5.53. The van der Waals surface area contributed by atoms with Crippen LogP contribution >= 0.6 is 0 Å². The average Bonchev–Trinajstić information content (AvgIpc) is 3.42. The molecule has 0 bridgehead atoms. The summed E-state index contributed by atoms with van der Waals surface area (Å²) in [5.74, 6) is 1.91. The number of epoxide rings is 1. The van der Waals surface area contributed by atoms with Gasteiger partial charge in [-0.2, -0.15) is 0 Å². The molecule has 6 nitrogen and oxygen atoms in total. The highest BCUT2D eigenvalue weighted by Crippen LogP contribution is 2.75. The molecule has 1 saturated heterocycles. The summed E-state index contributed by atoms with van der Waals surface area (Å²) in [5.41, 5.74) is 10.3. The Morgan fingerprint density at radius 1 is 0.926 bits per heavy atom. The molecule has 0 spiro atoms. The number of ketones is 2. The van der Waals surface area contributed by atoms with Gasteiger partial charge in [-0.05, 0) is 146 Å². The molecule has 54 heavy (non-hydrogen) atoms. The van der Waals surface area contributed by atoms with Crippen molar-refractivity contribution in [3.63, 3.8) is 0 Å². The number of hydrogen-bond donors (Lipinski definition) is 3. The number of anilines is 1. The van der Waals surface area contributed by atoms with E-state index in [0.29, 0.717) is 42.2 Å². The Kier molecular flexibility index (Phi) is 9.17. The van der Waals surface area contributed by atoms with E-state index in [1.165, 1.54) is 11.1 Å². The van der Waals surface area contributed by atoms with Gasteiger partial charge in [0.15, 0.2) is 5.78 Å². The lowest BCUT2D eigenvalue weighted by Gasteiger charge is -2.68. The van der Waals surface area contributed by atoms with Gasteiger partial charge in [0.1, 0.15) is 17.6 Å². The number of phenolic OH excluding ortho intramolecular Hbond substituents is 1. The van der Waals surface area contributed by atoms with Crippen LogP contribution in [0.2, 0.25) is 0 Å². The lowest BCUT2D eigenvalue weighted by molar-refractivity contribution is -0.183. The van der Waals surface area contributed by atoms with Crippen LogP contribution in [-0.2, 0) is 14.3 Å². The van der Waals surface area contributed by atoms with Gasteiger partial charge < -0.3 is 20.7 Å².